The number of nitrogens with zero attached hydrogens (tertiary/aromatic N) is 5. The van der Waals surface area contributed by atoms with Gasteiger partial charge in [-0.25, -0.2) is 9.50 Å². The fraction of sp³-hybridized carbons (Fsp3) is 0.500. The molecule has 1 unspecified atom stereocenters. The lowest BCUT2D eigenvalue weighted by Crippen LogP contribution is -2.49. The second kappa shape index (κ2) is 5.79. The van der Waals surface area contributed by atoms with E-state index in [2.05, 4.69) is 15.0 Å². The SMILES string of the molecule is CN(C)C(=O)C1CN(Cc2ccn3ncnc3c2)CCO1. The van der Waals surface area contributed by atoms with Crippen molar-refractivity contribution in [3.05, 3.63) is 30.2 Å². The monoisotopic (exact) mass is 289 g/mol. The van der Waals surface area contributed by atoms with Gasteiger partial charge in [0.05, 0.1) is 6.61 Å². The number of carbonyl (C=O) groups is 1. The lowest BCUT2D eigenvalue weighted by Gasteiger charge is -2.33. The van der Waals surface area contributed by atoms with Crippen molar-refractivity contribution >= 4 is 11.6 Å². The molecular formula is C14H19N5O2. The zero-order valence-electron chi connectivity index (χ0n) is 12.3. The topological polar surface area (TPSA) is 63.0 Å². The van der Waals surface area contributed by atoms with Crippen molar-refractivity contribution in [2.75, 3.05) is 33.8 Å². The number of fused-ring (bicyclic) bond motifs is 1. The van der Waals surface area contributed by atoms with Crippen LogP contribution in [0.25, 0.3) is 5.65 Å². The van der Waals surface area contributed by atoms with E-state index in [4.69, 9.17) is 4.74 Å². The molecule has 0 aliphatic carbocycles. The van der Waals surface area contributed by atoms with Gasteiger partial charge in [0.1, 0.15) is 12.4 Å². The largest absolute Gasteiger partial charge is 0.366 e. The molecule has 0 saturated carbocycles. The molecule has 2 aromatic heterocycles. The average Bonchev–Trinajstić information content (AvgIpc) is 2.94. The van der Waals surface area contributed by atoms with Crippen molar-refractivity contribution in [1.82, 2.24) is 24.4 Å². The number of amides is 1. The van der Waals surface area contributed by atoms with Crippen molar-refractivity contribution in [2.45, 2.75) is 12.6 Å². The Kier molecular flexibility index (Phi) is 3.85. The van der Waals surface area contributed by atoms with Gasteiger partial charge in [-0.15, -0.1) is 0 Å². The molecule has 7 heteroatoms. The highest BCUT2D eigenvalue weighted by Crippen LogP contribution is 2.12. The third-order valence-corrected chi connectivity index (χ3v) is 3.62. The Bertz CT molecular complexity index is 639. The molecule has 0 aromatic carbocycles. The average molecular weight is 289 g/mol. The van der Waals surface area contributed by atoms with Crippen molar-refractivity contribution in [2.24, 2.45) is 0 Å². The highest BCUT2D eigenvalue weighted by atomic mass is 16.5. The van der Waals surface area contributed by atoms with Crippen molar-refractivity contribution in [3.8, 4) is 0 Å². The first-order valence-corrected chi connectivity index (χ1v) is 6.97. The van der Waals surface area contributed by atoms with E-state index in [1.807, 2.05) is 18.3 Å². The fourth-order valence-electron chi connectivity index (χ4n) is 2.50. The molecule has 1 aliphatic rings. The summed E-state index contributed by atoms with van der Waals surface area (Å²) in [5.74, 6) is 0.0209. The van der Waals surface area contributed by atoms with Crippen LogP contribution in [0.15, 0.2) is 24.7 Å². The minimum atomic E-state index is -0.370. The summed E-state index contributed by atoms with van der Waals surface area (Å²) in [4.78, 5) is 20.0. The number of likely N-dealkylation sites (N-methyl/N-ethyl adjacent to an activating group) is 1. The minimum absolute atomic E-state index is 0.0209. The quantitative estimate of drug-likeness (QED) is 0.797. The van der Waals surface area contributed by atoms with E-state index < -0.39 is 0 Å². The zero-order chi connectivity index (χ0) is 14.8. The third-order valence-electron chi connectivity index (χ3n) is 3.62. The standard InChI is InChI=1S/C14H19N5O2/c1-17(2)14(20)12-9-18(5-6-21-12)8-11-3-4-19-13(7-11)15-10-16-19/h3-4,7,10,12H,5-6,8-9H2,1-2H3. The van der Waals surface area contributed by atoms with Crippen LogP contribution in [0, 0.1) is 0 Å². The molecule has 0 spiro atoms. The molecule has 1 amide bonds. The Morgan fingerprint density at radius 1 is 1.52 bits per heavy atom. The maximum Gasteiger partial charge on any atom is 0.252 e. The van der Waals surface area contributed by atoms with Gasteiger partial charge < -0.3 is 9.64 Å². The van der Waals surface area contributed by atoms with Crippen LogP contribution in [0.4, 0.5) is 0 Å². The van der Waals surface area contributed by atoms with Crippen LogP contribution in [0.2, 0.25) is 0 Å². The normalized spacial score (nSPS) is 19.8. The predicted octanol–water partition coefficient (Wildman–Crippen LogP) is 0.0183. The maximum absolute atomic E-state index is 12.0. The van der Waals surface area contributed by atoms with Crippen LogP contribution in [-0.2, 0) is 16.1 Å². The number of hydrogen-bond acceptors (Lipinski definition) is 5. The first-order chi connectivity index (χ1) is 10.1. The molecule has 3 heterocycles. The maximum atomic E-state index is 12.0. The van der Waals surface area contributed by atoms with Crippen LogP contribution < -0.4 is 0 Å². The first-order valence-electron chi connectivity index (χ1n) is 6.97. The van der Waals surface area contributed by atoms with E-state index in [9.17, 15) is 4.79 Å². The second-order valence-corrected chi connectivity index (χ2v) is 5.43. The number of hydrogen-bond donors (Lipinski definition) is 0. The van der Waals surface area contributed by atoms with Gasteiger partial charge in [-0.3, -0.25) is 9.69 Å². The number of carbonyl (C=O) groups excluding carboxylic acids is 1. The molecule has 2 aromatic rings. The summed E-state index contributed by atoms with van der Waals surface area (Å²) in [5.41, 5.74) is 2.00. The molecule has 0 bridgehead atoms. The summed E-state index contributed by atoms with van der Waals surface area (Å²) < 4.78 is 7.30. The summed E-state index contributed by atoms with van der Waals surface area (Å²) in [6.07, 6.45) is 3.07. The minimum Gasteiger partial charge on any atom is -0.366 e. The summed E-state index contributed by atoms with van der Waals surface area (Å²) in [7, 11) is 3.51. The van der Waals surface area contributed by atoms with Gasteiger partial charge in [-0.1, -0.05) is 0 Å². The summed E-state index contributed by atoms with van der Waals surface area (Å²) in [6, 6.07) is 4.05. The lowest BCUT2D eigenvalue weighted by molar-refractivity contribution is -0.147. The van der Waals surface area contributed by atoms with Gasteiger partial charge in [0.2, 0.25) is 0 Å². The Morgan fingerprint density at radius 3 is 3.19 bits per heavy atom. The van der Waals surface area contributed by atoms with E-state index in [0.29, 0.717) is 13.2 Å². The van der Waals surface area contributed by atoms with E-state index in [0.717, 1.165) is 24.3 Å². The van der Waals surface area contributed by atoms with Gasteiger partial charge in [-0.2, -0.15) is 5.10 Å². The van der Waals surface area contributed by atoms with Crippen LogP contribution >= 0.6 is 0 Å². The van der Waals surface area contributed by atoms with E-state index in [-0.39, 0.29) is 12.0 Å². The van der Waals surface area contributed by atoms with Gasteiger partial charge in [0.15, 0.2) is 5.65 Å². The zero-order valence-corrected chi connectivity index (χ0v) is 12.3. The number of ether oxygens (including phenoxy) is 1. The smallest absolute Gasteiger partial charge is 0.252 e. The van der Waals surface area contributed by atoms with Crippen LogP contribution in [0.1, 0.15) is 5.56 Å². The molecule has 0 N–H and O–H groups in total. The Balaban J connectivity index is 1.67. The van der Waals surface area contributed by atoms with Crippen LogP contribution in [0.5, 0.6) is 0 Å². The van der Waals surface area contributed by atoms with Gasteiger partial charge in [0.25, 0.3) is 5.91 Å². The fourth-order valence-corrected chi connectivity index (χ4v) is 2.50. The van der Waals surface area contributed by atoms with Crippen LogP contribution in [0.3, 0.4) is 0 Å². The third kappa shape index (κ3) is 3.03. The van der Waals surface area contributed by atoms with Gasteiger partial charge in [-0.05, 0) is 17.7 Å². The molecular weight excluding hydrogens is 270 g/mol. The summed E-state index contributed by atoms with van der Waals surface area (Å²) in [6.45, 7) is 2.81. The number of morpholine rings is 1. The Hall–Kier alpha value is -1.99. The van der Waals surface area contributed by atoms with Crippen molar-refractivity contribution < 1.29 is 9.53 Å². The van der Waals surface area contributed by atoms with Crippen LogP contribution in [-0.4, -0.2) is 70.2 Å². The molecule has 112 valence electrons. The molecule has 3 rings (SSSR count). The number of rotatable bonds is 3. The second-order valence-electron chi connectivity index (χ2n) is 5.43. The molecule has 21 heavy (non-hydrogen) atoms. The molecule has 1 aliphatic heterocycles. The summed E-state index contributed by atoms with van der Waals surface area (Å²) >= 11 is 0. The number of aromatic nitrogens is 3. The van der Waals surface area contributed by atoms with E-state index in [1.165, 1.54) is 0 Å². The highest BCUT2D eigenvalue weighted by Gasteiger charge is 2.27. The lowest BCUT2D eigenvalue weighted by atomic mass is 10.2. The van der Waals surface area contributed by atoms with E-state index >= 15 is 0 Å². The Morgan fingerprint density at radius 2 is 2.38 bits per heavy atom. The molecule has 0 radical (unpaired) electrons. The Labute approximate surface area is 123 Å². The molecule has 1 atom stereocenters. The predicted molar refractivity (Wildman–Crippen MR) is 76.7 cm³/mol. The molecule has 1 saturated heterocycles. The first kappa shape index (κ1) is 14.0. The molecule has 7 nitrogen and oxygen atoms in total. The van der Waals surface area contributed by atoms with Crippen molar-refractivity contribution in [1.29, 1.82) is 0 Å². The van der Waals surface area contributed by atoms with Crippen molar-refractivity contribution in [3.63, 3.8) is 0 Å². The highest BCUT2D eigenvalue weighted by molar-refractivity contribution is 5.80. The van der Waals surface area contributed by atoms with Gasteiger partial charge >= 0.3 is 0 Å². The number of pyridine rings is 1. The van der Waals surface area contributed by atoms with Gasteiger partial charge in [0, 0.05) is 39.9 Å². The van der Waals surface area contributed by atoms with E-state index in [1.54, 1.807) is 29.8 Å². The molecule has 1 fully saturated rings. The summed E-state index contributed by atoms with van der Waals surface area (Å²) in [5, 5.41) is 4.08.